The van der Waals surface area contributed by atoms with Gasteiger partial charge in [-0.1, -0.05) is 34.6 Å². The first kappa shape index (κ1) is 68.1. The molecule has 2 aromatic heterocycles. The Balaban J connectivity index is 0.687. The Morgan fingerprint density at radius 3 is 1.87 bits per heavy atom. The van der Waals surface area contributed by atoms with E-state index in [2.05, 4.69) is 21.3 Å². The van der Waals surface area contributed by atoms with Gasteiger partial charge in [0.1, 0.15) is 24.5 Å². The average Bonchev–Trinajstić information content (AvgIpc) is 1.67. The summed E-state index contributed by atoms with van der Waals surface area (Å²) >= 11 is 0. The van der Waals surface area contributed by atoms with Crippen LogP contribution >= 0.6 is 0 Å². The molecule has 0 bridgehead atoms. The van der Waals surface area contributed by atoms with Gasteiger partial charge in [-0.3, -0.25) is 38.5 Å². The first-order valence-corrected chi connectivity index (χ1v) is 30.2. The quantitative estimate of drug-likeness (QED) is 0.0244. The number of carbonyl (C=O) groups is 7. The van der Waals surface area contributed by atoms with Crippen molar-refractivity contribution in [2.24, 2.45) is 17.8 Å². The summed E-state index contributed by atoms with van der Waals surface area (Å²) in [6, 6.07) is 0.297. The molecule has 1 aliphatic carbocycles. The van der Waals surface area contributed by atoms with E-state index in [0.29, 0.717) is 144 Å². The maximum absolute atomic E-state index is 15.5. The molecule has 1 aromatic carbocycles. The highest BCUT2D eigenvalue weighted by molar-refractivity contribution is 6.04. The van der Waals surface area contributed by atoms with Crippen LogP contribution in [0, 0.1) is 30.5 Å². The van der Waals surface area contributed by atoms with Crippen molar-refractivity contribution in [1.82, 2.24) is 35.7 Å². The van der Waals surface area contributed by atoms with Gasteiger partial charge >= 0.3 is 5.97 Å². The molecule has 4 aliphatic rings. The second kappa shape index (κ2) is 32.7. The van der Waals surface area contributed by atoms with Crippen molar-refractivity contribution in [1.29, 1.82) is 0 Å². The Hall–Kier alpha value is -6.36. The zero-order valence-corrected chi connectivity index (χ0v) is 51.1. The van der Waals surface area contributed by atoms with Gasteiger partial charge in [0, 0.05) is 60.8 Å². The summed E-state index contributed by atoms with van der Waals surface area (Å²) in [5.74, 6) is -4.00. The van der Waals surface area contributed by atoms with Crippen LogP contribution in [0.5, 0.6) is 0 Å². The van der Waals surface area contributed by atoms with Crippen LogP contribution in [0.15, 0.2) is 16.9 Å². The number of hydrogen-bond acceptors (Lipinski definition) is 19. The Labute approximate surface area is 505 Å². The zero-order valence-electron chi connectivity index (χ0n) is 51.1. The minimum absolute atomic E-state index is 0.0180. The number of benzene rings is 1. The van der Waals surface area contributed by atoms with Crippen LogP contribution < -0.4 is 26.8 Å². The fraction of sp³-hybridized carbons (Fsp3) is 0.656. The third kappa shape index (κ3) is 17.5. The number of fused-ring (bicyclic) bond motifs is 5. The zero-order chi connectivity index (χ0) is 62.8. The monoisotopic (exact) mass is 1220 g/mol. The molecule has 26 heteroatoms. The highest BCUT2D eigenvalue weighted by atomic mass is 19.1. The van der Waals surface area contributed by atoms with Gasteiger partial charge in [-0.2, -0.15) is 0 Å². The van der Waals surface area contributed by atoms with Gasteiger partial charge in [0.05, 0.1) is 141 Å². The Kier molecular flexibility index (Phi) is 25.6. The number of ether oxygens (including phenoxy) is 9. The van der Waals surface area contributed by atoms with Gasteiger partial charge in [-0.05, 0) is 67.7 Å². The molecule has 0 spiro atoms. The first-order chi connectivity index (χ1) is 41.8. The lowest BCUT2D eigenvalue weighted by Gasteiger charge is -2.31. The average molecular weight is 1220 g/mol. The Morgan fingerprint density at radius 1 is 0.747 bits per heavy atom. The summed E-state index contributed by atoms with van der Waals surface area (Å²) in [4.78, 5) is 110. The number of nitrogens with zero attached hydrogens (tertiary/aromatic N) is 3. The molecule has 2 unspecified atom stereocenters. The Bertz CT molecular complexity index is 2990. The van der Waals surface area contributed by atoms with Gasteiger partial charge in [0.2, 0.25) is 35.4 Å². The van der Waals surface area contributed by atoms with E-state index < -0.39 is 58.8 Å². The first-order valence-electron chi connectivity index (χ1n) is 30.2. The minimum atomic E-state index is -2.04. The molecule has 7 rings (SSSR count). The highest BCUT2D eigenvalue weighted by Crippen LogP contribution is 2.46. The lowest BCUT2D eigenvalue weighted by molar-refractivity contribution is -0.172. The van der Waals surface area contributed by atoms with Crippen molar-refractivity contribution >= 4 is 52.3 Å². The number of rotatable bonds is 38. The largest absolute Gasteiger partial charge is 0.458 e. The number of aliphatic hydroxyl groups is 1. The molecular weight excluding hydrogens is 1140 g/mol. The number of amides is 6. The summed E-state index contributed by atoms with van der Waals surface area (Å²) in [5.41, 5.74) is 1.36. The minimum Gasteiger partial charge on any atom is -0.458 e. The van der Waals surface area contributed by atoms with E-state index in [1.54, 1.807) is 40.7 Å². The number of likely N-dealkylation sites (tertiary alicyclic amines) is 1. The number of esters is 1. The number of carbonyl (C=O) groups excluding carboxylic acids is 7. The molecule has 5 N–H and O–H groups in total. The van der Waals surface area contributed by atoms with E-state index in [1.165, 1.54) is 15.5 Å². The van der Waals surface area contributed by atoms with E-state index in [1.807, 2.05) is 13.8 Å². The molecule has 1 saturated heterocycles. The van der Waals surface area contributed by atoms with Crippen molar-refractivity contribution in [2.45, 2.75) is 124 Å². The van der Waals surface area contributed by atoms with Crippen LogP contribution in [0.25, 0.3) is 22.3 Å². The summed E-state index contributed by atoms with van der Waals surface area (Å²) in [7, 11) is 0. The SMILES string of the molecule is CC[C@@]1(O)C(=O)OCc2c1cc1n(c2=O)Cc2c-1nc1cc(F)c(C)c3c1c2[C@@H](NC(=O)[C@H](C)NC(=O)C(NC(=O)CCOCCOCCOCCOCCOCCOCCOCCOCCNC(=O)CCN1C(=O)CC(C(C)C)C1=O)C(C)C)CC3. The summed E-state index contributed by atoms with van der Waals surface area (Å²) in [6.45, 7) is 17.9. The van der Waals surface area contributed by atoms with Crippen LogP contribution in [-0.4, -0.2) is 192 Å². The van der Waals surface area contributed by atoms with E-state index in [4.69, 9.17) is 47.6 Å². The predicted molar refractivity (Wildman–Crippen MR) is 311 cm³/mol. The summed E-state index contributed by atoms with van der Waals surface area (Å²) < 4.78 is 66.3. The van der Waals surface area contributed by atoms with Crippen LogP contribution in [-0.2, 0) is 101 Å². The predicted octanol–water partition coefficient (Wildman–Crippen LogP) is 2.34. The fourth-order valence-corrected chi connectivity index (χ4v) is 11.0. The van der Waals surface area contributed by atoms with E-state index in [9.17, 15) is 43.5 Å². The number of nitrogens with one attached hydrogen (secondary N) is 4. The molecule has 6 amide bonds. The van der Waals surface area contributed by atoms with Crippen molar-refractivity contribution < 1.29 is 85.7 Å². The van der Waals surface area contributed by atoms with Crippen molar-refractivity contribution in [3.8, 4) is 11.4 Å². The molecule has 5 heterocycles. The van der Waals surface area contributed by atoms with E-state index in [0.717, 1.165) is 5.56 Å². The molecule has 3 aromatic rings. The van der Waals surface area contributed by atoms with Crippen LogP contribution in [0.3, 0.4) is 0 Å². The topological polar surface area (TPSA) is 309 Å². The second-order valence-electron chi connectivity index (χ2n) is 22.6. The van der Waals surface area contributed by atoms with Gasteiger partial charge in [-0.25, -0.2) is 14.2 Å². The molecule has 0 radical (unpaired) electrons. The van der Waals surface area contributed by atoms with Gasteiger partial charge in [-0.15, -0.1) is 0 Å². The van der Waals surface area contributed by atoms with E-state index in [-0.39, 0.29) is 112 Å². The number of imide groups is 1. The molecule has 480 valence electrons. The standard InChI is InChI=1S/C61H86FN7O18/c1-8-61(78)44-32-48-55-42(34-69(48)59(76)43(44)35-87-60(61)77)53-46(10-9-40-38(6)45(62)33-47(65-55)52(40)53)66-56(73)39(7)64-57(74)54(37(4)5)67-50(71)12-15-79-17-19-81-21-23-83-25-27-85-29-30-86-28-26-84-24-22-82-20-18-80-16-13-63-49(70)11-14-68-51(72)31-41(36(2)3)58(68)75/h32-33,36-37,39,41,46,54,78H,8-31,34-35H2,1-7H3,(H,63,70)(H,64,74)(H,66,73)(H,67,71)/t39-,41?,46-,54?,61-/m0/s1. The van der Waals surface area contributed by atoms with Crippen molar-refractivity contribution in [3.05, 3.63) is 61.7 Å². The summed E-state index contributed by atoms with van der Waals surface area (Å²) in [6.07, 6.45) is 1.01. The summed E-state index contributed by atoms with van der Waals surface area (Å²) in [5, 5.41) is 23.4. The van der Waals surface area contributed by atoms with Crippen LogP contribution in [0.2, 0.25) is 0 Å². The van der Waals surface area contributed by atoms with Gasteiger partial charge < -0.3 is 73.6 Å². The number of aryl methyl sites for hydroxylation is 1. The molecule has 87 heavy (non-hydrogen) atoms. The van der Waals surface area contributed by atoms with Crippen molar-refractivity contribution in [2.75, 3.05) is 119 Å². The third-order valence-corrected chi connectivity index (χ3v) is 16.0. The number of pyridine rings is 2. The van der Waals surface area contributed by atoms with Gasteiger partial charge in [0.15, 0.2) is 5.60 Å². The van der Waals surface area contributed by atoms with E-state index >= 15 is 4.39 Å². The van der Waals surface area contributed by atoms with Gasteiger partial charge in [0.25, 0.3) is 5.56 Å². The number of hydrogen-bond donors (Lipinski definition) is 5. The number of halogens is 1. The molecule has 25 nitrogen and oxygen atoms in total. The number of cyclic esters (lactones) is 1. The molecule has 0 saturated carbocycles. The maximum atomic E-state index is 15.5. The second-order valence-corrected chi connectivity index (χ2v) is 22.6. The lowest BCUT2D eigenvalue weighted by Crippen LogP contribution is -2.55. The molecular formula is C61H86FN7O18. The van der Waals surface area contributed by atoms with Crippen LogP contribution in [0.1, 0.15) is 113 Å². The van der Waals surface area contributed by atoms with Crippen molar-refractivity contribution in [3.63, 3.8) is 0 Å². The van der Waals surface area contributed by atoms with Crippen LogP contribution in [0.4, 0.5) is 4.39 Å². The molecule has 1 fully saturated rings. The molecule has 3 aliphatic heterocycles. The number of aromatic nitrogens is 2. The smallest absolute Gasteiger partial charge is 0.343 e. The fourth-order valence-electron chi connectivity index (χ4n) is 11.0. The third-order valence-electron chi connectivity index (χ3n) is 16.0. The molecule has 5 atom stereocenters. The normalized spacial score (nSPS) is 18.4. The maximum Gasteiger partial charge on any atom is 0.343 e. The highest BCUT2D eigenvalue weighted by Gasteiger charge is 2.46. The lowest BCUT2D eigenvalue weighted by atomic mass is 9.81. The Morgan fingerprint density at radius 2 is 1.32 bits per heavy atom.